The predicted octanol–water partition coefficient (Wildman–Crippen LogP) is 1.97. The number of aromatic nitrogens is 2. The number of likely N-dealkylation sites (N-methyl/N-ethyl adjacent to an activating group) is 1. The number of rotatable bonds is 4. The Morgan fingerprint density at radius 3 is 2.71 bits per heavy atom. The van der Waals surface area contributed by atoms with Crippen LogP contribution in [-0.4, -0.2) is 43.6 Å². The lowest BCUT2D eigenvalue weighted by atomic mass is 9.84. The van der Waals surface area contributed by atoms with Crippen LogP contribution in [-0.2, 0) is 15.1 Å². The Bertz CT molecular complexity index is 457. The van der Waals surface area contributed by atoms with Gasteiger partial charge in [-0.15, -0.1) is 0 Å². The molecule has 0 amide bonds. The van der Waals surface area contributed by atoms with Crippen molar-refractivity contribution in [2.45, 2.75) is 56.1 Å². The number of methoxy groups -OCH3 is 1. The number of hydrogen-bond acceptors (Lipinski definition) is 6. The molecule has 2 atom stereocenters. The van der Waals surface area contributed by atoms with Gasteiger partial charge in [0.2, 0.25) is 11.7 Å². The molecular weight excluding hydrogens is 270 g/mol. The van der Waals surface area contributed by atoms with Crippen LogP contribution in [0.5, 0.6) is 0 Å². The number of hydrogen-bond donors (Lipinski definition) is 1. The Hall–Kier alpha value is -0.980. The fourth-order valence-electron chi connectivity index (χ4n) is 3.56. The molecule has 0 spiro atoms. The van der Waals surface area contributed by atoms with Gasteiger partial charge in [0.05, 0.1) is 5.92 Å². The number of nitrogens with zero attached hydrogens (tertiary/aromatic N) is 2. The Morgan fingerprint density at radius 2 is 2.00 bits per heavy atom. The molecule has 0 aromatic carbocycles. The van der Waals surface area contributed by atoms with Gasteiger partial charge in [-0.25, -0.2) is 0 Å². The highest BCUT2D eigenvalue weighted by Crippen LogP contribution is 2.36. The van der Waals surface area contributed by atoms with E-state index in [1.165, 1.54) is 19.3 Å². The molecule has 1 aliphatic heterocycles. The Labute approximate surface area is 125 Å². The third kappa shape index (κ3) is 2.84. The minimum atomic E-state index is -0.441. The van der Waals surface area contributed by atoms with Crippen molar-refractivity contribution in [1.29, 1.82) is 0 Å². The van der Waals surface area contributed by atoms with Crippen LogP contribution in [0, 0.1) is 0 Å². The van der Waals surface area contributed by atoms with Crippen molar-refractivity contribution in [3.05, 3.63) is 11.7 Å². The molecule has 1 N–H and O–H groups in total. The third-order valence-corrected chi connectivity index (χ3v) is 4.99. The van der Waals surface area contributed by atoms with Crippen LogP contribution in [0.3, 0.4) is 0 Å². The molecule has 2 fully saturated rings. The number of ether oxygens (including phenoxy) is 2. The summed E-state index contributed by atoms with van der Waals surface area (Å²) in [5.74, 6) is 1.76. The summed E-state index contributed by atoms with van der Waals surface area (Å²) in [6.45, 7) is 1.36. The predicted molar refractivity (Wildman–Crippen MR) is 77.1 cm³/mol. The summed E-state index contributed by atoms with van der Waals surface area (Å²) in [7, 11) is 3.73. The highest BCUT2D eigenvalue weighted by molar-refractivity contribution is 5.07. The van der Waals surface area contributed by atoms with Gasteiger partial charge < -0.3 is 19.3 Å². The normalized spacial score (nSPS) is 29.4. The lowest BCUT2D eigenvalue weighted by Gasteiger charge is -2.32. The summed E-state index contributed by atoms with van der Waals surface area (Å²) in [4.78, 5) is 4.70. The van der Waals surface area contributed by atoms with Crippen molar-refractivity contribution in [3.8, 4) is 0 Å². The molecule has 118 valence electrons. The van der Waals surface area contributed by atoms with Crippen molar-refractivity contribution < 1.29 is 14.0 Å². The van der Waals surface area contributed by atoms with Crippen molar-refractivity contribution in [1.82, 2.24) is 15.5 Å². The summed E-state index contributed by atoms with van der Waals surface area (Å²) in [6.07, 6.45) is 6.33. The van der Waals surface area contributed by atoms with Crippen LogP contribution in [0.4, 0.5) is 0 Å². The maximum absolute atomic E-state index is 5.74. The minimum Gasteiger partial charge on any atom is -0.381 e. The van der Waals surface area contributed by atoms with E-state index in [9.17, 15) is 0 Å². The quantitative estimate of drug-likeness (QED) is 0.916. The second kappa shape index (κ2) is 6.42. The largest absolute Gasteiger partial charge is 0.381 e. The Morgan fingerprint density at radius 1 is 1.24 bits per heavy atom. The molecule has 2 unspecified atom stereocenters. The van der Waals surface area contributed by atoms with E-state index in [-0.39, 0.29) is 0 Å². The van der Waals surface area contributed by atoms with Crippen LogP contribution < -0.4 is 5.32 Å². The van der Waals surface area contributed by atoms with Gasteiger partial charge in [0.25, 0.3) is 0 Å². The molecule has 1 aromatic heterocycles. The molecule has 1 aliphatic carbocycles. The topological polar surface area (TPSA) is 69.4 Å². The van der Waals surface area contributed by atoms with E-state index in [2.05, 4.69) is 10.5 Å². The first-order valence-electron chi connectivity index (χ1n) is 7.93. The zero-order valence-electron chi connectivity index (χ0n) is 12.9. The van der Waals surface area contributed by atoms with E-state index < -0.39 is 5.60 Å². The fraction of sp³-hybridized carbons (Fsp3) is 0.867. The van der Waals surface area contributed by atoms with Crippen LogP contribution in [0.1, 0.15) is 56.2 Å². The van der Waals surface area contributed by atoms with Gasteiger partial charge in [-0.3, -0.25) is 0 Å². The molecule has 0 bridgehead atoms. The summed E-state index contributed by atoms with van der Waals surface area (Å²) < 4.78 is 16.8. The van der Waals surface area contributed by atoms with E-state index in [0.717, 1.165) is 25.2 Å². The maximum atomic E-state index is 5.74. The molecule has 2 aliphatic rings. The summed E-state index contributed by atoms with van der Waals surface area (Å²) in [6, 6.07) is 0.431. The molecule has 1 saturated carbocycles. The molecule has 0 radical (unpaired) electrons. The summed E-state index contributed by atoms with van der Waals surface area (Å²) >= 11 is 0. The second-order valence-corrected chi connectivity index (χ2v) is 6.05. The van der Waals surface area contributed by atoms with Crippen LogP contribution >= 0.6 is 0 Å². The molecule has 3 rings (SSSR count). The second-order valence-electron chi connectivity index (χ2n) is 6.05. The molecule has 2 heterocycles. The van der Waals surface area contributed by atoms with Gasteiger partial charge in [-0.1, -0.05) is 18.0 Å². The molecule has 6 heteroatoms. The standard InChI is InChI=1S/C15H25N3O3/c1-16-12-6-4-3-5-11(12)13-17-14(18-21-13)15(19-2)7-9-20-10-8-15/h11-12,16H,3-10H2,1-2H3. The lowest BCUT2D eigenvalue weighted by Crippen LogP contribution is -2.37. The summed E-state index contributed by atoms with van der Waals surface area (Å²) in [5, 5.41) is 7.62. The Kier molecular flexibility index (Phi) is 4.57. The van der Waals surface area contributed by atoms with Gasteiger partial charge in [0, 0.05) is 39.2 Å². The zero-order valence-corrected chi connectivity index (χ0v) is 12.9. The van der Waals surface area contributed by atoms with Crippen molar-refractivity contribution in [2.24, 2.45) is 0 Å². The summed E-state index contributed by atoms with van der Waals surface area (Å²) in [5.41, 5.74) is -0.441. The monoisotopic (exact) mass is 295 g/mol. The third-order valence-electron chi connectivity index (χ3n) is 4.99. The van der Waals surface area contributed by atoms with Crippen molar-refractivity contribution >= 4 is 0 Å². The van der Waals surface area contributed by atoms with E-state index in [1.54, 1.807) is 7.11 Å². The first kappa shape index (κ1) is 14.9. The SMILES string of the molecule is CNC1CCCCC1c1nc(C2(OC)CCOCC2)no1. The first-order valence-corrected chi connectivity index (χ1v) is 7.93. The highest BCUT2D eigenvalue weighted by atomic mass is 16.5. The molecular formula is C15H25N3O3. The number of nitrogens with one attached hydrogen (secondary N) is 1. The smallest absolute Gasteiger partial charge is 0.231 e. The minimum absolute atomic E-state index is 0.318. The molecule has 1 saturated heterocycles. The van der Waals surface area contributed by atoms with Gasteiger partial charge in [-0.05, 0) is 19.9 Å². The highest BCUT2D eigenvalue weighted by Gasteiger charge is 2.40. The van der Waals surface area contributed by atoms with E-state index >= 15 is 0 Å². The average Bonchev–Trinajstić information content (AvgIpc) is 3.06. The lowest BCUT2D eigenvalue weighted by molar-refractivity contribution is -0.101. The first-order chi connectivity index (χ1) is 10.3. The maximum Gasteiger partial charge on any atom is 0.231 e. The van der Waals surface area contributed by atoms with Gasteiger partial charge >= 0.3 is 0 Å². The van der Waals surface area contributed by atoms with E-state index in [0.29, 0.717) is 31.0 Å². The van der Waals surface area contributed by atoms with Crippen molar-refractivity contribution in [2.75, 3.05) is 27.4 Å². The molecule has 1 aromatic rings. The van der Waals surface area contributed by atoms with Gasteiger partial charge in [0.15, 0.2) is 0 Å². The van der Waals surface area contributed by atoms with Crippen LogP contribution in [0.15, 0.2) is 4.52 Å². The zero-order chi connectivity index (χ0) is 14.7. The van der Waals surface area contributed by atoms with Crippen LogP contribution in [0.2, 0.25) is 0 Å². The average molecular weight is 295 g/mol. The van der Waals surface area contributed by atoms with Gasteiger partial charge in [0.1, 0.15) is 5.60 Å². The molecule has 21 heavy (non-hydrogen) atoms. The fourth-order valence-corrected chi connectivity index (χ4v) is 3.56. The van der Waals surface area contributed by atoms with Crippen LogP contribution in [0.25, 0.3) is 0 Å². The molecule has 6 nitrogen and oxygen atoms in total. The van der Waals surface area contributed by atoms with E-state index in [1.807, 2.05) is 7.05 Å². The van der Waals surface area contributed by atoms with Crippen molar-refractivity contribution in [3.63, 3.8) is 0 Å². The van der Waals surface area contributed by atoms with E-state index in [4.69, 9.17) is 19.0 Å². The van der Waals surface area contributed by atoms with Gasteiger partial charge in [-0.2, -0.15) is 4.98 Å². The Balaban J connectivity index is 1.81.